The van der Waals surface area contributed by atoms with Crippen LogP contribution in [0.4, 0.5) is 5.69 Å². The van der Waals surface area contributed by atoms with E-state index in [-0.39, 0.29) is 5.56 Å². The van der Waals surface area contributed by atoms with E-state index in [1.165, 1.54) is 11.3 Å². The van der Waals surface area contributed by atoms with E-state index in [1.54, 1.807) is 6.07 Å². The SMILES string of the molecule is Cc1ccc(C(=S)N2CCN(c3ccc4[nH]c(=O)ccc4c3)CC2)cc1. The molecule has 1 fully saturated rings. The van der Waals surface area contributed by atoms with Crippen molar-refractivity contribution in [2.24, 2.45) is 0 Å². The minimum Gasteiger partial charge on any atom is -0.368 e. The van der Waals surface area contributed by atoms with E-state index >= 15 is 0 Å². The maximum Gasteiger partial charge on any atom is 0.248 e. The number of rotatable bonds is 2. The summed E-state index contributed by atoms with van der Waals surface area (Å²) in [5, 5.41) is 1.06. The van der Waals surface area contributed by atoms with E-state index in [0.717, 1.165) is 47.6 Å². The highest BCUT2D eigenvalue weighted by molar-refractivity contribution is 7.80. The van der Waals surface area contributed by atoms with Gasteiger partial charge < -0.3 is 14.8 Å². The largest absolute Gasteiger partial charge is 0.368 e. The van der Waals surface area contributed by atoms with Gasteiger partial charge in [0, 0.05) is 54.4 Å². The van der Waals surface area contributed by atoms with Crippen LogP contribution in [-0.4, -0.2) is 41.1 Å². The number of nitrogens with one attached hydrogen (secondary N) is 1. The third-order valence-corrected chi connectivity index (χ3v) is 5.43. The van der Waals surface area contributed by atoms with Crippen LogP contribution >= 0.6 is 12.2 Å². The van der Waals surface area contributed by atoms with Crippen molar-refractivity contribution in [1.82, 2.24) is 9.88 Å². The molecule has 132 valence electrons. The number of fused-ring (bicyclic) bond motifs is 1. The number of piperazine rings is 1. The number of thiocarbonyl (C=S) groups is 1. The monoisotopic (exact) mass is 363 g/mol. The Morgan fingerprint density at radius 3 is 2.42 bits per heavy atom. The highest BCUT2D eigenvalue weighted by Gasteiger charge is 2.20. The van der Waals surface area contributed by atoms with Crippen molar-refractivity contribution < 1.29 is 0 Å². The zero-order valence-corrected chi connectivity index (χ0v) is 15.6. The Hall–Kier alpha value is -2.66. The van der Waals surface area contributed by atoms with Gasteiger partial charge in [-0.25, -0.2) is 0 Å². The fourth-order valence-electron chi connectivity index (χ4n) is 3.38. The predicted molar refractivity (Wildman–Crippen MR) is 111 cm³/mol. The molecule has 0 unspecified atom stereocenters. The first kappa shape index (κ1) is 16.8. The van der Waals surface area contributed by atoms with Crippen molar-refractivity contribution in [2.75, 3.05) is 31.1 Å². The summed E-state index contributed by atoms with van der Waals surface area (Å²) in [5.41, 5.74) is 4.36. The predicted octanol–water partition coefficient (Wildman–Crippen LogP) is 3.33. The van der Waals surface area contributed by atoms with E-state index < -0.39 is 0 Å². The lowest BCUT2D eigenvalue weighted by atomic mass is 10.1. The summed E-state index contributed by atoms with van der Waals surface area (Å²) >= 11 is 5.69. The Labute approximate surface area is 158 Å². The minimum absolute atomic E-state index is 0.0662. The average molecular weight is 363 g/mol. The molecule has 0 aliphatic carbocycles. The van der Waals surface area contributed by atoms with E-state index in [4.69, 9.17) is 12.2 Å². The van der Waals surface area contributed by atoms with Crippen molar-refractivity contribution in [3.05, 3.63) is 76.1 Å². The molecule has 0 amide bonds. The standard InChI is InChI=1S/C21H21N3OS/c1-15-2-4-16(5-3-15)21(26)24-12-10-23(11-13-24)18-7-8-19-17(14-18)6-9-20(25)22-19/h2-9,14H,10-13H2,1H3,(H,22,25). The second kappa shape index (κ2) is 6.92. The average Bonchev–Trinajstić information content (AvgIpc) is 2.68. The molecule has 0 radical (unpaired) electrons. The zero-order chi connectivity index (χ0) is 18.1. The van der Waals surface area contributed by atoms with Gasteiger partial charge in [-0.15, -0.1) is 0 Å². The Kier molecular flexibility index (Phi) is 4.47. The van der Waals surface area contributed by atoms with E-state index in [9.17, 15) is 4.79 Å². The molecule has 4 nitrogen and oxygen atoms in total. The van der Waals surface area contributed by atoms with Gasteiger partial charge in [0.1, 0.15) is 4.99 Å². The van der Waals surface area contributed by atoms with Gasteiger partial charge in [-0.3, -0.25) is 4.79 Å². The van der Waals surface area contributed by atoms with E-state index in [2.05, 4.69) is 58.1 Å². The van der Waals surface area contributed by atoms with Gasteiger partial charge in [0.15, 0.2) is 0 Å². The van der Waals surface area contributed by atoms with Crippen molar-refractivity contribution in [3.8, 4) is 0 Å². The molecule has 4 rings (SSSR count). The van der Waals surface area contributed by atoms with Gasteiger partial charge in [0.25, 0.3) is 0 Å². The van der Waals surface area contributed by atoms with Crippen molar-refractivity contribution in [1.29, 1.82) is 0 Å². The molecule has 0 saturated carbocycles. The molecule has 0 bridgehead atoms. The molecule has 0 spiro atoms. The van der Waals surface area contributed by atoms with E-state index in [0.29, 0.717) is 0 Å². The summed E-state index contributed by atoms with van der Waals surface area (Å²) < 4.78 is 0. The second-order valence-corrected chi connectivity index (χ2v) is 7.13. The fourth-order valence-corrected chi connectivity index (χ4v) is 3.70. The smallest absolute Gasteiger partial charge is 0.248 e. The summed E-state index contributed by atoms with van der Waals surface area (Å²) in [6.07, 6.45) is 0. The zero-order valence-electron chi connectivity index (χ0n) is 14.7. The molecule has 0 atom stereocenters. The first-order valence-electron chi connectivity index (χ1n) is 8.84. The number of nitrogens with zero attached hydrogens (tertiary/aromatic N) is 2. The van der Waals surface area contributed by atoms with Crippen molar-refractivity contribution in [3.63, 3.8) is 0 Å². The molecule has 1 aliphatic rings. The highest BCUT2D eigenvalue weighted by Crippen LogP contribution is 2.22. The van der Waals surface area contributed by atoms with Gasteiger partial charge >= 0.3 is 0 Å². The quantitative estimate of drug-likeness (QED) is 0.709. The molecule has 5 heteroatoms. The highest BCUT2D eigenvalue weighted by atomic mass is 32.1. The van der Waals surface area contributed by atoms with Crippen molar-refractivity contribution >= 4 is 33.8 Å². The molecular weight excluding hydrogens is 342 g/mol. The molecular formula is C21H21N3OS. The normalized spacial score (nSPS) is 14.7. The Bertz CT molecular complexity index is 1000. The molecule has 2 aromatic carbocycles. The summed E-state index contributed by atoms with van der Waals surface area (Å²) in [6, 6.07) is 18.1. The molecule has 3 aromatic rings. The second-order valence-electron chi connectivity index (χ2n) is 6.74. The molecule has 26 heavy (non-hydrogen) atoms. The van der Waals surface area contributed by atoms with Crippen LogP contribution in [0, 0.1) is 6.92 Å². The summed E-state index contributed by atoms with van der Waals surface area (Å²) in [7, 11) is 0. The van der Waals surface area contributed by atoms with Gasteiger partial charge in [-0.2, -0.15) is 0 Å². The topological polar surface area (TPSA) is 39.3 Å². The molecule has 1 aromatic heterocycles. The van der Waals surface area contributed by atoms with Gasteiger partial charge in [-0.05, 0) is 31.2 Å². The third-order valence-electron chi connectivity index (χ3n) is 4.94. The number of benzene rings is 2. The maximum absolute atomic E-state index is 11.4. The fraction of sp³-hybridized carbons (Fsp3) is 0.238. The van der Waals surface area contributed by atoms with Crippen LogP contribution in [0.15, 0.2) is 59.4 Å². The van der Waals surface area contributed by atoms with Crippen molar-refractivity contribution in [2.45, 2.75) is 6.92 Å². The van der Waals surface area contributed by atoms with Crippen LogP contribution in [0.5, 0.6) is 0 Å². The van der Waals surface area contributed by atoms with E-state index in [1.807, 2.05) is 12.1 Å². The number of anilines is 1. The lowest BCUT2D eigenvalue weighted by molar-refractivity contribution is 0.392. The maximum atomic E-state index is 11.4. The van der Waals surface area contributed by atoms with Gasteiger partial charge in [-0.1, -0.05) is 42.0 Å². The van der Waals surface area contributed by atoms with Crippen LogP contribution < -0.4 is 10.5 Å². The third kappa shape index (κ3) is 3.35. The first-order chi connectivity index (χ1) is 12.6. The summed E-state index contributed by atoms with van der Waals surface area (Å²) in [5.74, 6) is 0. The molecule has 1 aliphatic heterocycles. The van der Waals surface area contributed by atoms with Crippen LogP contribution in [0.25, 0.3) is 10.9 Å². The number of aromatic amines is 1. The number of hydrogen-bond donors (Lipinski definition) is 1. The number of hydrogen-bond acceptors (Lipinski definition) is 3. The Morgan fingerprint density at radius 2 is 1.69 bits per heavy atom. The molecule has 2 heterocycles. The van der Waals surface area contributed by atoms with Crippen LogP contribution in [0.3, 0.4) is 0 Å². The van der Waals surface area contributed by atoms with Crippen LogP contribution in [0.1, 0.15) is 11.1 Å². The summed E-state index contributed by atoms with van der Waals surface area (Å²) in [6.45, 7) is 5.78. The Balaban J connectivity index is 1.46. The molecule has 1 saturated heterocycles. The number of H-pyrrole nitrogens is 1. The van der Waals surface area contributed by atoms with Gasteiger partial charge in [0.05, 0.1) is 0 Å². The van der Waals surface area contributed by atoms with Crippen LogP contribution in [-0.2, 0) is 0 Å². The van der Waals surface area contributed by atoms with Crippen LogP contribution in [0.2, 0.25) is 0 Å². The first-order valence-corrected chi connectivity index (χ1v) is 9.25. The lowest BCUT2D eigenvalue weighted by Crippen LogP contribution is -2.48. The number of aryl methyl sites for hydroxylation is 1. The summed E-state index contributed by atoms with van der Waals surface area (Å²) in [4.78, 5) is 19.9. The number of aromatic nitrogens is 1. The minimum atomic E-state index is -0.0662. The Morgan fingerprint density at radius 1 is 0.962 bits per heavy atom. The number of pyridine rings is 1. The molecule has 1 N–H and O–H groups in total. The van der Waals surface area contributed by atoms with Gasteiger partial charge in [0.2, 0.25) is 5.56 Å². The lowest BCUT2D eigenvalue weighted by Gasteiger charge is -2.37.